The zero-order valence-electron chi connectivity index (χ0n) is 14.9. The van der Waals surface area contributed by atoms with Gasteiger partial charge in [0.25, 0.3) is 0 Å². The van der Waals surface area contributed by atoms with Gasteiger partial charge in [0.05, 0.1) is 5.69 Å². The van der Waals surface area contributed by atoms with Gasteiger partial charge in [-0.05, 0) is 35.1 Å². The first kappa shape index (κ1) is 18.3. The highest BCUT2D eigenvalue weighted by molar-refractivity contribution is 6.29. The summed E-state index contributed by atoms with van der Waals surface area (Å²) in [5.41, 5.74) is 1.92. The summed E-state index contributed by atoms with van der Waals surface area (Å²) in [6.07, 6.45) is 0. The molecule has 0 radical (unpaired) electrons. The summed E-state index contributed by atoms with van der Waals surface area (Å²) in [5, 5.41) is 27.0. The second kappa shape index (κ2) is 6.48. The summed E-state index contributed by atoms with van der Waals surface area (Å²) in [5.74, 6) is 0.697. The zero-order valence-corrected chi connectivity index (χ0v) is 15.7. The van der Waals surface area contributed by atoms with Crippen molar-refractivity contribution in [3.63, 3.8) is 0 Å². The maximum Gasteiger partial charge on any atom is 0.196 e. The van der Waals surface area contributed by atoms with Gasteiger partial charge in [0.2, 0.25) is 0 Å². The van der Waals surface area contributed by atoms with Gasteiger partial charge in [-0.2, -0.15) is 0 Å². The van der Waals surface area contributed by atoms with E-state index in [0.29, 0.717) is 22.4 Å². The van der Waals surface area contributed by atoms with Crippen LogP contribution in [0.3, 0.4) is 0 Å². The lowest BCUT2D eigenvalue weighted by Gasteiger charge is -2.27. The molecule has 1 N–H and O–H groups in total. The Morgan fingerprint density at radius 1 is 0.875 bits per heavy atom. The maximum atomic E-state index is 10.7. The molecule has 1 heterocycles. The molecule has 128 valence electrons. The van der Waals surface area contributed by atoms with Crippen LogP contribution in [-0.4, -0.2) is 15.3 Å². The fourth-order valence-corrected chi connectivity index (χ4v) is 2.39. The normalized spacial score (nSPS) is 12.8. The minimum Gasteiger partial charge on any atom is -0.507 e. The quantitative estimate of drug-likeness (QED) is 0.693. The summed E-state index contributed by atoms with van der Waals surface area (Å²) < 4.78 is 0. The van der Waals surface area contributed by atoms with Gasteiger partial charge in [0, 0.05) is 11.1 Å². The van der Waals surface area contributed by atoms with E-state index in [1.165, 1.54) is 0 Å². The molecule has 0 spiro atoms. The van der Waals surface area contributed by atoms with Gasteiger partial charge in [-0.1, -0.05) is 53.1 Å². The summed E-state index contributed by atoms with van der Waals surface area (Å²) >= 11 is 5.71. The molecule has 1 aromatic heterocycles. The van der Waals surface area contributed by atoms with Gasteiger partial charge in [-0.25, -0.2) is 0 Å². The average Bonchev–Trinajstić information content (AvgIpc) is 2.45. The lowest BCUT2D eigenvalue weighted by molar-refractivity contribution is 0.423. The van der Waals surface area contributed by atoms with E-state index in [-0.39, 0.29) is 10.8 Å². The first-order chi connectivity index (χ1) is 11.0. The Bertz CT molecular complexity index is 721. The first-order valence-corrected chi connectivity index (χ1v) is 8.15. The smallest absolute Gasteiger partial charge is 0.196 e. The summed E-state index contributed by atoms with van der Waals surface area (Å²) in [6.45, 7) is 12.3. The van der Waals surface area contributed by atoms with Crippen molar-refractivity contribution in [1.82, 2.24) is 10.2 Å². The molecule has 2 rings (SSSR count). The van der Waals surface area contributed by atoms with Crippen LogP contribution in [0, 0.1) is 0 Å². The van der Waals surface area contributed by atoms with E-state index in [4.69, 9.17) is 11.6 Å². The third kappa shape index (κ3) is 4.29. The Kier molecular flexibility index (Phi) is 4.95. The second-order valence-electron chi connectivity index (χ2n) is 7.80. The van der Waals surface area contributed by atoms with Gasteiger partial charge in [0.1, 0.15) is 5.75 Å². The topological polar surface area (TPSA) is 70.7 Å². The van der Waals surface area contributed by atoms with Gasteiger partial charge in [0.15, 0.2) is 11.0 Å². The highest BCUT2D eigenvalue weighted by atomic mass is 35.5. The van der Waals surface area contributed by atoms with Crippen molar-refractivity contribution in [2.75, 3.05) is 0 Å². The van der Waals surface area contributed by atoms with Gasteiger partial charge in [-0.15, -0.1) is 20.4 Å². The van der Waals surface area contributed by atoms with Crippen LogP contribution in [0.5, 0.6) is 5.75 Å². The minimum atomic E-state index is -0.213. The molecule has 6 heteroatoms. The van der Waals surface area contributed by atoms with Crippen LogP contribution in [0.15, 0.2) is 34.5 Å². The molecular formula is C18H23ClN4O. The monoisotopic (exact) mass is 346 g/mol. The Morgan fingerprint density at radius 2 is 1.42 bits per heavy atom. The number of hydrogen-bond donors (Lipinski definition) is 1. The first-order valence-electron chi connectivity index (χ1n) is 7.77. The van der Waals surface area contributed by atoms with Crippen LogP contribution in [-0.2, 0) is 10.8 Å². The predicted molar refractivity (Wildman–Crippen MR) is 96.7 cm³/mol. The van der Waals surface area contributed by atoms with Gasteiger partial charge >= 0.3 is 0 Å². The Hall–Kier alpha value is -2.01. The highest BCUT2D eigenvalue weighted by Gasteiger charge is 2.26. The van der Waals surface area contributed by atoms with E-state index in [0.717, 1.165) is 11.1 Å². The lowest BCUT2D eigenvalue weighted by Crippen LogP contribution is -2.16. The molecule has 1 aromatic carbocycles. The standard InChI is InChI=1S/C18H23ClN4O/c1-17(2,3)12-9-11(10-13(16(12)24)18(4,5)6)20-22-15-8-7-14(19)21-23-15/h7-10,24H,1-6H3. The molecule has 0 unspecified atom stereocenters. The van der Waals surface area contributed by atoms with Gasteiger partial charge in [-0.3, -0.25) is 0 Å². The van der Waals surface area contributed by atoms with Crippen LogP contribution in [0.25, 0.3) is 0 Å². The van der Waals surface area contributed by atoms with Crippen molar-refractivity contribution < 1.29 is 5.11 Å². The zero-order chi connectivity index (χ0) is 18.1. The summed E-state index contributed by atoms with van der Waals surface area (Å²) in [4.78, 5) is 0. The molecule has 2 aromatic rings. The third-order valence-electron chi connectivity index (χ3n) is 3.60. The second-order valence-corrected chi connectivity index (χ2v) is 8.19. The van der Waals surface area contributed by atoms with Crippen molar-refractivity contribution in [2.24, 2.45) is 10.2 Å². The van der Waals surface area contributed by atoms with E-state index in [9.17, 15) is 5.11 Å². The molecular weight excluding hydrogens is 324 g/mol. The molecule has 0 aliphatic heterocycles. The molecule has 0 aliphatic rings. The van der Waals surface area contributed by atoms with Crippen LogP contribution in [0.2, 0.25) is 5.15 Å². The fraction of sp³-hybridized carbons (Fsp3) is 0.444. The molecule has 0 atom stereocenters. The lowest BCUT2D eigenvalue weighted by atomic mass is 9.79. The number of halogens is 1. The Labute approximate surface area is 147 Å². The predicted octanol–water partition coefficient (Wildman–Crippen LogP) is 5.85. The summed E-state index contributed by atoms with van der Waals surface area (Å²) in [7, 11) is 0. The van der Waals surface area contributed by atoms with Crippen molar-refractivity contribution >= 4 is 23.1 Å². The van der Waals surface area contributed by atoms with Crippen LogP contribution in [0.1, 0.15) is 52.7 Å². The Balaban J connectivity index is 2.52. The van der Waals surface area contributed by atoms with E-state index in [1.807, 2.05) is 12.1 Å². The third-order valence-corrected chi connectivity index (χ3v) is 3.80. The van der Waals surface area contributed by atoms with E-state index in [2.05, 4.69) is 62.0 Å². The average molecular weight is 347 g/mol. The number of azo groups is 1. The number of benzene rings is 1. The van der Waals surface area contributed by atoms with E-state index in [1.54, 1.807) is 12.1 Å². The van der Waals surface area contributed by atoms with Crippen molar-refractivity contribution in [3.8, 4) is 5.75 Å². The Morgan fingerprint density at radius 3 is 1.83 bits per heavy atom. The number of phenolic OH excluding ortho intramolecular Hbond substituents is 1. The van der Waals surface area contributed by atoms with Gasteiger partial charge < -0.3 is 5.11 Å². The number of rotatable bonds is 2. The van der Waals surface area contributed by atoms with Crippen molar-refractivity contribution in [3.05, 3.63) is 40.5 Å². The number of phenols is 1. The van der Waals surface area contributed by atoms with Crippen LogP contribution < -0.4 is 0 Å². The molecule has 5 nitrogen and oxygen atoms in total. The molecule has 0 saturated carbocycles. The van der Waals surface area contributed by atoms with Crippen molar-refractivity contribution in [1.29, 1.82) is 0 Å². The fourth-order valence-electron chi connectivity index (χ4n) is 2.29. The SMILES string of the molecule is CC(C)(C)c1cc(N=Nc2ccc(Cl)nn2)cc(C(C)(C)C)c1O. The van der Waals surface area contributed by atoms with Crippen molar-refractivity contribution in [2.45, 2.75) is 52.4 Å². The molecule has 0 amide bonds. The minimum absolute atomic E-state index is 0.213. The molecule has 0 aliphatic carbocycles. The number of hydrogen-bond acceptors (Lipinski definition) is 5. The van der Waals surface area contributed by atoms with Crippen LogP contribution in [0.4, 0.5) is 11.5 Å². The largest absolute Gasteiger partial charge is 0.507 e. The van der Waals surface area contributed by atoms with E-state index < -0.39 is 0 Å². The number of aromatic hydroxyl groups is 1. The molecule has 24 heavy (non-hydrogen) atoms. The summed E-state index contributed by atoms with van der Waals surface area (Å²) in [6, 6.07) is 6.98. The maximum absolute atomic E-state index is 10.7. The van der Waals surface area contributed by atoms with E-state index >= 15 is 0 Å². The van der Waals surface area contributed by atoms with Crippen LogP contribution >= 0.6 is 11.6 Å². The molecule has 0 bridgehead atoms. The molecule has 0 fully saturated rings. The molecule has 0 saturated heterocycles. The number of aromatic nitrogens is 2. The number of nitrogens with zero attached hydrogens (tertiary/aromatic N) is 4. The highest BCUT2D eigenvalue weighted by Crippen LogP contribution is 2.41.